The molecule has 0 fully saturated rings. The molecule has 0 aromatic rings. The highest BCUT2D eigenvalue weighted by molar-refractivity contribution is 5.73. The monoisotopic (exact) mass is 98.1 g/mol. The van der Waals surface area contributed by atoms with Crippen molar-refractivity contribution in [3.8, 4) is 0 Å². The fourth-order valence-corrected chi connectivity index (χ4v) is 0.574. The molecule has 0 unspecified atom stereocenters. The second-order valence-corrected chi connectivity index (χ2v) is 1.55. The van der Waals surface area contributed by atoms with Gasteiger partial charge in [-0.3, -0.25) is 0 Å². The van der Waals surface area contributed by atoms with Gasteiger partial charge in [0.15, 0.2) is 13.1 Å². The average molecular weight is 98.1 g/mol. The lowest BCUT2D eigenvalue weighted by molar-refractivity contribution is -0.529. The summed E-state index contributed by atoms with van der Waals surface area (Å²) in [5, 5.41) is 0. The molecule has 0 bridgehead atoms. The Morgan fingerprint density at radius 2 is 1.57 bits per heavy atom. The van der Waals surface area contributed by atoms with Crippen LogP contribution in [0, 0.1) is 0 Å². The van der Waals surface area contributed by atoms with Crippen LogP contribution in [0.1, 0.15) is 6.42 Å². The molecule has 38 valence electrons. The van der Waals surface area contributed by atoms with E-state index in [0.29, 0.717) is 0 Å². The smallest absolute Gasteiger partial charge is 0.198 e. The third kappa shape index (κ3) is 1.48. The van der Waals surface area contributed by atoms with Crippen LogP contribution in [0.15, 0.2) is 0 Å². The van der Waals surface area contributed by atoms with Crippen LogP contribution in [-0.2, 0) is 0 Å². The molecule has 1 aliphatic rings. The first-order valence-electron chi connectivity index (χ1n) is 2.60. The highest BCUT2D eigenvalue weighted by Gasteiger charge is 1.92. The van der Waals surface area contributed by atoms with E-state index in [2.05, 4.69) is 22.4 Å². The van der Waals surface area contributed by atoms with Crippen molar-refractivity contribution in [2.24, 2.45) is 0 Å². The third-order valence-electron chi connectivity index (χ3n) is 0.938. The molecule has 0 saturated carbocycles. The molecule has 0 aliphatic carbocycles. The van der Waals surface area contributed by atoms with Gasteiger partial charge in [0, 0.05) is 0 Å². The lowest BCUT2D eigenvalue weighted by atomic mass is 10.5. The highest BCUT2D eigenvalue weighted by Crippen LogP contribution is 1.48. The summed E-state index contributed by atoms with van der Waals surface area (Å²) >= 11 is 0. The van der Waals surface area contributed by atoms with Crippen LogP contribution >= 0.6 is 0 Å². The lowest BCUT2D eigenvalue weighted by Crippen LogP contribution is -2.78. The molecule has 0 amide bonds. The molecule has 0 saturated heterocycles. The molecule has 1 rings (SSSR count). The van der Waals surface area contributed by atoms with Crippen molar-refractivity contribution in [2.75, 3.05) is 13.1 Å². The van der Waals surface area contributed by atoms with E-state index >= 15 is 0 Å². The molecular formula is C5H10N2+2. The van der Waals surface area contributed by atoms with E-state index in [1.807, 2.05) is 0 Å². The Kier molecular flexibility index (Phi) is 1.61. The maximum atomic E-state index is 3.13. The third-order valence-corrected chi connectivity index (χ3v) is 0.938. The van der Waals surface area contributed by atoms with Crippen molar-refractivity contribution >= 4 is 12.4 Å². The van der Waals surface area contributed by atoms with Crippen LogP contribution in [0.3, 0.4) is 0 Å². The maximum absolute atomic E-state index is 3.13. The summed E-state index contributed by atoms with van der Waals surface area (Å²) in [6, 6.07) is 0. The molecule has 1 aliphatic heterocycles. The fraction of sp³-hybridized carbons (Fsp3) is 0.600. The quantitative estimate of drug-likeness (QED) is 0.317. The summed E-state index contributed by atoms with van der Waals surface area (Å²) in [5.74, 6) is 0. The highest BCUT2D eigenvalue weighted by atomic mass is 14.8. The maximum Gasteiger partial charge on any atom is 0.198 e. The average Bonchev–Trinajstić information content (AvgIpc) is 1.90. The van der Waals surface area contributed by atoms with Crippen LogP contribution in [0.5, 0.6) is 0 Å². The predicted octanol–water partition coefficient (Wildman–Crippen LogP) is -3.31. The Morgan fingerprint density at radius 3 is 2.14 bits per heavy atom. The molecule has 7 heavy (non-hydrogen) atoms. The number of rotatable bonds is 0. The van der Waals surface area contributed by atoms with Crippen LogP contribution in [0.4, 0.5) is 0 Å². The first-order valence-corrected chi connectivity index (χ1v) is 2.60. The van der Waals surface area contributed by atoms with Crippen molar-refractivity contribution in [2.45, 2.75) is 6.42 Å². The Labute approximate surface area is 43.0 Å². The molecule has 0 aromatic carbocycles. The van der Waals surface area contributed by atoms with Gasteiger partial charge < -0.3 is 0 Å². The van der Waals surface area contributed by atoms with Gasteiger partial charge in [0.1, 0.15) is 18.9 Å². The number of nitrogens with one attached hydrogen (secondary N) is 2. The topological polar surface area (TPSA) is 27.9 Å². The van der Waals surface area contributed by atoms with E-state index in [1.54, 1.807) is 0 Å². The van der Waals surface area contributed by atoms with Gasteiger partial charge in [0.05, 0.1) is 0 Å². The summed E-state index contributed by atoms with van der Waals surface area (Å²) in [7, 11) is 0. The summed E-state index contributed by atoms with van der Waals surface area (Å²) in [4.78, 5) is 6.26. The Hall–Kier alpha value is -0.660. The Bertz CT molecular complexity index is 82.3. The van der Waals surface area contributed by atoms with Gasteiger partial charge in [-0.05, 0) is 0 Å². The standard InChI is InChI=1S/C5H8N2/c1-2-6-4-5-7-3-1/h2-3H,1,4-5H2/p+2. The van der Waals surface area contributed by atoms with Crippen molar-refractivity contribution in [3.05, 3.63) is 0 Å². The first-order chi connectivity index (χ1) is 3.50. The van der Waals surface area contributed by atoms with E-state index in [-0.39, 0.29) is 0 Å². The molecule has 2 heteroatoms. The SMILES string of the molecule is C1=[NH+]CC[NH+]=CC1. The van der Waals surface area contributed by atoms with Gasteiger partial charge >= 0.3 is 0 Å². The van der Waals surface area contributed by atoms with Crippen LogP contribution in [0.25, 0.3) is 0 Å². The number of hydrogen-bond acceptors (Lipinski definition) is 0. The second kappa shape index (κ2) is 2.50. The van der Waals surface area contributed by atoms with E-state index < -0.39 is 0 Å². The molecule has 2 nitrogen and oxygen atoms in total. The molecule has 0 spiro atoms. The van der Waals surface area contributed by atoms with Crippen LogP contribution in [-0.4, -0.2) is 25.5 Å². The fourth-order valence-electron chi connectivity index (χ4n) is 0.574. The van der Waals surface area contributed by atoms with Gasteiger partial charge in [-0.2, -0.15) is 0 Å². The van der Waals surface area contributed by atoms with E-state index in [9.17, 15) is 0 Å². The summed E-state index contributed by atoms with van der Waals surface area (Å²) in [6.45, 7) is 2.10. The zero-order chi connectivity index (χ0) is 4.95. The molecule has 0 radical (unpaired) electrons. The van der Waals surface area contributed by atoms with Crippen LogP contribution < -0.4 is 9.98 Å². The van der Waals surface area contributed by atoms with Gasteiger partial charge in [-0.1, -0.05) is 0 Å². The minimum absolute atomic E-state index is 1.03. The van der Waals surface area contributed by atoms with E-state index in [4.69, 9.17) is 0 Å². The molecule has 1 heterocycles. The molecule has 2 N–H and O–H groups in total. The Morgan fingerprint density at radius 1 is 1.00 bits per heavy atom. The van der Waals surface area contributed by atoms with E-state index in [0.717, 1.165) is 19.5 Å². The lowest BCUT2D eigenvalue weighted by Gasteiger charge is -1.67. The summed E-state index contributed by atoms with van der Waals surface area (Å²) < 4.78 is 0. The van der Waals surface area contributed by atoms with Gasteiger partial charge in [-0.15, -0.1) is 0 Å². The summed E-state index contributed by atoms with van der Waals surface area (Å²) in [5.41, 5.74) is 0. The van der Waals surface area contributed by atoms with Crippen molar-refractivity contribution < 1.29 is 9.98 Å². The van der Waals surface area contributed by atoms with Gasteiger partial charge in [0.2, 0.25) is 0 Å². The minimum Gasteiger partial charge on any atom is -0.245 e. The summed E-state index contributed by atoms with van der Waals surface area (Å²) in [6.07, 6.45) is 5.14. The zero-order valence-electron chi connectivity index (χ0n) is 4.28. The Balaban J connectivity index is 2.38. The zero-order valence-corrected chi connectivity index (χ0v) is 4.28. The van der Waals surface area contributed by atoms with Crippen molar-refractivity contribution in [1.29, 1.82) is 0 Å². The number of hydrogen-bond donors (Lipinski definition) is 2. The van der Waals surface area contributed by atoms with Crippen LogP contribution in [0.2, 0.25) is 0 Å². The first kappa shape index (κ1) is 4.50. The van der Waals surface area contributed by atoms with Crippen molar-refractivity contribution in [3.63, 3.8) is 0 Å². The molecule has 0 atom stereocenters. The van der Waals surface area contributed by atoms with Crippen molar-refractivity contribution in [1.82, 2.24) is 0 Å². The van der Waals surface area contributed by atoms with Gasteiger partial charge in [-0.25, -0.2) is 9.98 Å². The molecular weight excluding hydrogens is 88.1 g/mol. The minimum atomic E-state index is 1.03. The second-order valence-electron chi connectivity index (χ2n) is 1.55. The largest absolute Gasteiger partial charge is 0.245 e. The normalized spacial score (nSPS) is 19.4. The van der Waals surface area contributed by atoms with Gasteiger partial charge in [0.25, 0.3) is 0 Å². The van der Waals surface area contributed by atoms with E-state index in [1.165, 1.54) is 0 Å². The predicted molar refractivity (Wildman–Crippen MR) is 28.4 cm³/mol. The molecule has 0 aromatic heterocycles.